The molecule has 0 saturated carbocycles. The van der Waals surface area contributed by atoms with Crippen molar-refractivity contribution in [3.63, 3.8) is 0 Å². The summed E-state index contributed by atoms with van der Waals surface area (Å²) < 4.78 is 46.3. The Balaban J connectivity index is 1.68. The number of methoxy groups -OCH3 is 1. The number of halogens is 3. The van der Waals surface area contributed by atoms with Gasteiger partial charge in [-0.05, 0) is 26.3 Å². The van der Waals surface area contributed by atoms with E-state index in [1.165, 1.54) is 12.1 Å². The van der Waals surface area contributed by atoms with Gasteiger partial charge in [-0.2, -0.15) is 0 Å². The van der Waals surface area contributed by atoms with Crippen molar-refractivity contribution in [2.45, 2.75) is 38.8 Å². The first-order chi connectivity index (χ1) is 14.9. The van der Waals surface area contributed by atoms with Gasteiger partial charge in [-0.3, -0.25) is 0 Å². The molecule has 1 saturated heterocycles. The molecule has 0 amide bonds. The summed E-state index contributed by atoms with van der Waals surface area (Å²) in [6.45, 7) is 5.04. The molecule has 4 rings (SSSR count). The minimum atomic E-state index is -2.88. The number of nitrogens with one attached hydrogen (secondary N) is 1. The van der Waals surface area contributed by atoms with Crippen LogP contribution in [-0.4, -0.2) is 41.3 Å². The lowest BCUT2D eigenvalue weighted by Crippen LogP contribution is -2.23. The zero-order chi connectivity index (χ0) is 22.1. The van der Waals surface area contributed by atoms with Crippen molar-refractivity contribution in [3.05, 3.63) is 53.2 Å². The summed E-state index contributed by atoms with van der Waals surface area (Å²) in [4.78, 5) is 15.6. The van der Waals surface area contributed by atoms with Gasteiger partial charge in [-0.15, -0.1) is 0 Å². The number of anilines is 2. The van der Waals surface area contributed by atoms with Crippen LogP contribution >= 0.6 is 0 Å². The number of hydrogen-bond donors (Lipinski definition) is 1. The van der Waals surface area contributed by atoms with Crippen molar-refractivity contribution in [1.82, 2.24) is 15.0 Å². The van der Waals surface area contributed by atoms with E-state index in [2.05, 4.69) is 25.2 Å². The Labute approximate surface area is 178 Å². The van der Waals surface area contributed by atoms with Crippen molar-refractivity contribution < 1.29 is 17.9 Å². The zero-order valence-electron chi connectivity index (χ0n) is 17.6. The number of hydrogen-bond acceptors (Lipinski definition) is 6. The molecule has 31 heavy (non-hydrogen) atoms. The number of rotatable bonds is 6. The Hall–Kier alpha value is -2.94. The summed E-state index contributed by atoms with van der Waals surface area (Å²) in [7, 11) is 1.70. The van der Waals surface area contributed by atoms with Crippen LogP contribution in [0.25, 0.3) is 10.9 Å². The molecule has 1 unspecified atom stereocenters. The van der Waals surface area contributed by atoms with Crippen LogP contribution in [0.1, 0.15) is 42.8 Å². The number of nitrogens with zero attached hydrogens (tertiary/aromatic N) is 4. The highest BCUT2D eigenvalue weighted by atomic mass is 19.3. The van der Waals surface area contributed by atoms with E-state index >= 15 is 0 Å². The molecule has 1 aromatic carbocycles. The monoisotopic (exact) mass is 431 g/mol. The van der Waals surface area contributed by atoms with Gasteiger partial charge in [0.1, 0.15) is 23.3 Å². The van der Waals surface area contributed by atoms with Crippen LogP contribution in [0.5, 0.6) is 0 Å². The Morgan fingerprint density at radius 1 is 1.23 bits per heavy atom. The summed E-state index contributed by atoms with van der Waals surface area (Å²) in [5, 5.41) is 3.91. The maximum Gasteiger partial charge on any atom is 0.266 e. The molecular weight excluding hydrogens is 407 g/mol. The number of aryl methyl sites for hydroxylation is 1. The maximum absolute atomic E-state index is 14.6. The SMILES string of the molecule is CO[C@H]1CCN(c2cc3c(NC(C)c4cccc(C(F)F)c4F)nc(C)nc3cn2)C1. The molecule has 1 aliphatic heterocycles. The van der Waals surface area contributed by atoms with E-state index in [0.29, 0.717) is 17.2 Å². The van der Waals surface area contributed by atoms with Crippen molar-refractivity contribution in [2.75, 3.05) is 30.4 Å². The van der Waals surface area contributed by atoms with Crippen LogP contribution in [0.3, 0.4) is 0 Å². The molecule has 1 fully saturated rings. The third-order valence-electron chi connectivity index (χ3n) is 5.60. The highest BCUT2D eigenvalue weighted by Gasteiger charge is 2.24. The second kappa shape index (κ2) is 8.66. The van der Waals surface area contributed by atoms with Gasteiger partial charge in [0.15, 0.2) is 0 Å². The van der Waals surface area contributed by atoms with E-state index in [9.17, 15) is 13.2 Å². The fourth-order valence-electron chi connectivity index (χ4n) is 3.90. The molecule has 6 nitrogen and oxygen atoms in total. The maximum atomic E-state index is 14.6. The topological polar surface area (TPSA) is 63.2 Å². The smallest absolute Gasteiger partial charge is 0.266 e. The molecule has 1 N–H and O–H groups in total. The highest BCUT2D eigenvalue weighted by Crippen LogP contribution is 2.31. The number of pyridine rings is 1. The van der Waals surface area contributed by atoms with Gasteiger partial charge in [-0.25, -0.2) is 28.1 Å². The van der Waals surface area contributed by atoms with Crippen LogP contribution in [0, 0.1) is 12.7 Å². The van der Waals surface area contributed by atoms with E-state index in [4.69, 9.17) is 4.74 Å². The van der Waals surface area contributed by atoms with Crippen LogP contribution in [0.2, 0.25) is 0 Å². The van der Waals surface area contributed by atoms with Gasteiger partial charge in [0.25, 0.3) is 6.43 Å². The van der Waals surface area contributed by atoms with Crippen molar-refractivity contribution in [1.29, 1.82) is 0 Å². The predicted octanol–water partition coefficient (Wildman–Crippen LogP) is 4.81. The summed E-state index contributed by atoms with van der Waals surface area (Å²) in [6.07, 6.45) is -0.107. The van der Waals surface area contributed by atoms with Crippen LogP contribution < -0.4 is 10.2 Å². The summed E-state index contributed by atoms with van der Waals surface area (Å²) >= 11 is 0. The third-order valence-corrected chi connectivity index (χ3v) is 5.60. The Bertz CT molecular complexity index is 1090. The molecule has 0 radical (unpaired) electrons. The highest BCUT2D eigenvalue weighted by molar-refractivity contribution is 5.90. The van der Waals surface area contributed by atoms with Crippen LogP contribution in [0.4, 0.5) is 24.8 Å². The molecule has 164 valence electrons. The molecular formula is C22H24F3N5O. The first kappa shape index (κ1) is 21.3. The van der Waals surface area contributed by atoms with E-state index in [1.54, 1.807) is 27.2 Å². The second-order valence-electron chi connectivity index (χ2n) is 7.69. The Morgan fingerprint density at radius 3 is 2.71 bits per heavy atom. The first-order valence-corrected chi connectivity index (χ1v) is 10.1. The van der Waals surface area contributed by atoms with E-state index in [0.717, 1.165) is 36.8 Å². The minimum Gasteiger partial charge on any atom is -0.380 e. The second-order valence-corrected chi connectivity index (χ2v) is 7.69. The largest absolute Gasteiger partial charge is 0.380 e. The average molecular weight is 431 g/mol. The molecule has 0 spiro atoms. The van der Waals surface area contributed by atoms with E-state index < -0.39 is 23.8 Å². The lowest BCUT2D eigenvalue weighted by Gasteiger charge is -2.20. The lowest BCUT2D eigenvalue weighted by atomic mass is 10.0. The van der Waals surface area contributed by atoms with Gasteiger partial charge < -0.3 is 15.0 Å². The summed E-state index contributed by atoms with van der Waals surface area (Å²) in [5.41, 5.74) is 0.192. The van der Waals surface area contributed by atoms with Gasteiger partial charge in [0.2, 0.25) is 0 Å². The minimum absolute atomic E-state index is 0.152. The molecule has 2 aromatic heterocycles. The van der Waals surface area contributed by atoms with Crippen molar-refractivity contribution in [2.24, 2.45) is 0 Å². The zero-order valence-corrected chi connectivity index (χ0v) is 17.6. The van der Waals surface area contributed by atoms with Gasteiger partial charge in [0.05, 0.1) is 29.4 Å². The van der Waals surface area contributed by atoms with Gasteiger partial charge in [0, 0.05) is 31.1 Å². The summed E-state index contributed by atoms with van der Waals surface area (Å²) in [5.74, 6) is 0.904. The van der Waals surface area contributed by atoms with Crippen LogP contribution in [0.15, 0.2) is 30.5 Å². The number of alkyl halides is 2. The normalized spacial score (nSPS) is 17.5. The molecule has 1 aliphatic rings. The Kier molecular flexibility index (Phi) is 5.95. The third kappa shape index (κ3) is 4.27. The van der Waals surface area contributed by atoms with E-state index in [-0.39, 0.29) is 11.7 Å². The standard InChI is InChI=1S/C22H24F3N5O/c1-12(15-5-4-6-16(20(15)23)21(24)25)27-22-17-9-19(30-8-7-14(11-30)31-3)26-10-18(17)28-13(2)29-22/h4-6,9-10,12,14,21H,7-8,11H2,1-3H3,(H,27,28,29)/t12?,14-/m0/s1. The quantitative estimate of drug-likeness (QED) is 0.605. The molecule has 9 heteroatoms. The number of aromatic nitrogens is 3. The number of benzene rings is 1. The molecule has 2 atom stereocenters. The van der Waals surface area contributed by atoms with Gasteiger partial charge >= 0.3 is 0 Å². The molecule has 0 aliphatic carbocycles. The van der Waals surface area contributed by atoms with Crippen molar-refractivity contribution >= 4 is 22.5 Å². The van der Waals surface area contributed by atoms with Gasteiger partial charge in [-0.1, -0.05) is 18.2 Å². The first-order valence-electron chi connectivity index (χ1n) is 10.1. The Morgan fingerprint density at radius 2 is 2.00 bits per heavy atom. The average Bonchev–Trinajstić information content (AvgIpc) is 3.22. The lowest BCUT2D eigenvalue weighted by molar-refractivity contribution is 0.121. The molecule has 0 bridgehead atoms. The molecule has 3 heterocycles. The molecule has 3 aromatic rings. The fraction of sp³-hybridized carbons (Fsp3) is 0.409. The fourth-order valence-corrected chi connectivity index (χ4v) is 3.90. The van der Waals surface area contributed by atoms with Crippen molar-refractivity contribution in [3.8, 4) is 0 Å². The van der Waals surface area contributed by atoms with Crippen LogP contribution in [-0.2, 0) is 4.74 Å². The van der Waals surface area contributed by atoms with E-state index in [1.807, 2.05) is 6.07 Å². The predicted molar refractivity (Wildman–Crippen MR) is 113 cm³/mol. The number of ether oxygens (including phenoxy) is 1. The number of fused-ring (bicyclic) bond motifs is 1. The summed E-state index contributed by atoms with van der Waals surface area (Å²) in [6, 6.07) is 5.34.